The monoisotopic (exact) mass is 330 g/mol. The molecule has 0 saturated carbocycles. The predicted molar refractivity (Wildman–Crippen MR) is 84.9 cm³/mol. The van der Waals surface area contributed by atoms with Crippen molar-refractivity contribution in [2.24, 2.45) is 0 Å². The number of hydrogen-bond acceptors (Lipinski definition) is 3. The van der Waals surface area contributed by atoms with E-state index in [-0.39, 0.29) is 18.1 Å². The Bertz CT molecular complexity index is 504. The molecular weight excluding hydrogens is 311 g/mol. The zero-order chi connectivity index (χ0) is 15.4. The first-order chi connectivity index (χ1) is 9.99. The SMILES string of the molecule is CC(c1ccc(Cl)cc1Cl)N(C)C(=O)CC1CNCCO1. The Kier molecular flexibility index (Phi) is 5.88. The van der Waals surface area contributed by atoms with E-state index in [1.807, 2.05) is 13.0 Å². The summed E-state index contributed by atoms with van der Waals surface area (Å²) in [4.78, 5) is 14.1. The number of carbonyl (C=O) groups is 1. The number of carbonyl (C=O) groups excluding carboxylic acids is 1. The van der Waals surface area contributed by atoms with Gasteiger partial charge in [0.1, 0.15) is 0 Å². The van der Waals surface area contributed by atoms with Gasteiger partial charge in [-0.15, -0.1) is 0 Å². The summed E-state index contributed by atoms with van der Waals surface area (Å²) >= 11 is 12.1. The van der Waals surface area contributed by atoms with Crippen LogP contribution in [0.3, 0.4) is 0 Å². The number of benzene rings is 1. The summed E-state index contributed by atoms with van der Waals surface area (Å²) in [5.41, 5.74) is 0.889. The molecule has 1 aromatic carbocycles. The molecule has 0 aliphatic carbocycles. The Morgan fingerprint density at radius 2 is 2.29 bits per heavy atom. The van der Waals surface area contributed by atoms with E-state index in [9.17, 15) is 4.79 Å². The van der Waals surface area contributed by atoms with Crippen LogP contribution in [0.15, 0.2) is 18.2 Å². The molecule has 1 aliphatic heterocycles. The molecule has 1 aromatic rings. The van der Waals surface area contributed by atoms with E-state index in [0.717, 1.165) is 18.7 Å². The van der Waals surface area contributed by atoms with Crippen molar-refractivity contribution < 1.29 is 9.53 Å². The number of halogens is 2. The van der Waals surface area contributed by atoms with Crippen molar-refractivity contribution in [3.8, 4) is 0 Å². The van der Waals surface area contributed by atoms with Gasteiger partial charge in [-0.1, -0.05) is 29.3 Å². The van der Waals surface area contributed by atoms with E-state index >= 15 is 0 Å². The van der Waals surface area contributed by atoms with E-state index in [4.69, 9.17) is 27.9 Å². The van der Waals surface area contributed by atoms with Crippen LogP contribution in [-0.4, -0.2) is 43.7 Å². The second kappa shape index (κ2) is 7.45. The van der Waals surface area contributed by atoms with Crippen molar-refractivity contribution in [3.63, 3.8) is 0 Å². The summed E-state index contributed by atoms with van der Waals surface area (Å²) < 4.78 is 5.57. The summed E-state index contributed by atoms with van der Waals surface area (Å²) in [6.45, 7) is 4.17. The maximum Gasteiger partial charge on any atom is 0.225 e. The quantitative estimate of drug-likeness (QED) is 0.922. The molecule has 2 atom stereocenters. The van der Waals surface area contributed by atoms with Gasteiger partial charge < -0.3 is 15.0 Å². The van der Waals surface area contributed by atoms with Crippen molar-refractivity contribution in [1.29, 1.82) is 0 Å². The average molecular weight is 331 g/mol. The Labute approximate surface area is 135 Å². The topological polar surface area (TPSA) is 41.6 Å². The first-order valence-electron chi connectivity index (χ1n) is 7.02. The molecule has 2 unspecified atom stereocenters. The highest BCUT2D eigenvalue weighted by molar-refractivity contribution is 6.35. The van der Waals surface area contributed by atoms with Crippen LogP contribution < -0.4 is 5.32 Å². The van der Waals surface area contributed by atoms with Crippen molar-refractivity contribution in [3.05, 3.63) is 33.8 Å². The van der Waals surface area contributed by atoms with Gasteiger partial charge in [-0.3, -0.25) is 4.79 Å². The highest BCUT2D eigenvalue weighted by Gasteiger charge is 2.24. The number of nitrogens with one attached hydrogen (secondary N) is 1. The number of morpholine rings is 1. The van der Waals surface area contributed by atoms with Gasteiger partial charge in [0.2, 0.25) is 5.91 Å². The lowest BCUT2D eigenvalue weighted by molar-refractivity contribution is -0.135. The second-order valence-corrected chi connectivity index (χ2v) is 6.09. The lowest BCUT2D eigenvalue weighted by atomic mass is 10.1. The van der Waals surface area contributed by atoms with Gasteiger partial charge in [-0.25, -0.2) is 0 Å². The van der Waals surface area contributed by atoms with Crippen molar-refractivity contribution >= 4 is 29.1 Å². The zero-order valence-corrected chi connectivity index (χ0v) is 13.7. The summed E-state index contributed by atoms with van der Waals surface area (Å²) in [5.74, 6) is 0.0437. The minimum Gasteiger partial charge on any atom is -0.375 e. The number of hydrogen-bond donors (Lipinski definition) is 1. The van der Waals surface area contributed by atoms with Crippen LogP contribution in [0.5, 0.6) is 0 Å². The molecule has 21 heavy (non-hydrogen) atoms. The maximum absolute atomic E-state index is 12.4. The smallest absolute Gasteiger partial charge is 0.225 e. The molecule has 0 radical (unpaired) electrons. The molecule has 1 amide bonds. The number of nitrogens with zero attached hydrogens (tertiary/aromatic N) is 1. The third kappa shape index (κ3) is 4.33. The number of ether oxygens (including phenoxy) is 1. The second-order valence-electron chi connectivity index (χ2n) is 5.25. The molecular formula is C15H20Cl2N2O2. The molecule has 0 bridgehead atoms. The van der Waals surface area contributed by atoms with Crippen molar-refractivity contribution in [1.82, 2.24) is 10.2 Å². The minimum absolute atomic E-state index is 0.0437. The van der Waals surface area contributed by atoms with E-state index < -0.39 is 0 Å². The van der Waals surface area contributed by atoms with Crippen LogP contribution in [0.1, 0.15) is 24.9 Å². The summed E-state index contributed by atoms with van der Waals surface area (Å²) in [6, 6.07) is 5.23. The first-order valence-corrected chi connectivity index (χ1v) is 7.77. The van der Waals surface area contributed by atoms with E-state index in [2.05, 4.69) is 5.32 Å². The van der Waals surface area contributed by atoms with Gasteiger partial charge in [0.15, 0.2) is 0 Å². The Hall–Kier alpha value is -0.810. The minimum atomic E-state index is -0.112. The van der Waals surface area contributed by atoms with E-state index in [1.165, 1.54) is 0 Å². The summed E-state index contributed by atoms with van der Waals surface area (Å²) in [5, 5.41) is 4.39. The van der Waals surface area contributed by atoms with Gasteiger partial charge in [0.25, 0.3) is 0 Å². The molecule has 1 N–H and O–H groups in total. The van der Waals surface area contributed by atoms with Gasteiger partial charge in [-0.05, 0) is 24.6 Å². The van der Waals surface area contributed by atoms with Gasteiger partial charge >= 0.3 is 0 Å². The van der Waals surface area contributed by atoms with Crippen LogP contribution in [0.4, 0.5) is 0 Å². The average Bonchev–Trinajstić information content (AvgIpc) is 2.47. The van der Waals surface area contributed by atoms with Gasteiger partial charge in [0, 0.05) is 30.2 Å². The Morgan fingerprint density at radius 1 is 1.52 bits per heavy atom. The first kappa shape index (κ1) is 16.6. The van der Waals surface area contributed by atoms with Gasteiger partial charge in [0.05, 0.1) is 25.2 Å². The molecule has 2 rings (SSSR count). The third-order valence-corrected chi connectivity index (χ3v) is 4.36. The molecule has 6 heteroatoms. The van der Waals surface area contributed by atoms with Crippen LogP contribution in [0, 0.1) is 0 Å². The van der Waals surface area contributed by atoms with Crippen molar-refractivity contribution in [2.45, 2.75) is 25.5 Å². The lowest BCUT2D eigenvalue weighted by Gasteiger charge is -2.29. The van der Waals surface area contributed by atoms with Crippen molar-refractivity contribution in [2.75, 3.05) is 26.7 Å². The van der Waals surface area contributed by atoms with Crippen LogP contribution in [-0.2, 0) is 9.53 Å². The van der Waals surface area contributed by atoms with Crippen LogP contribution in [0.25, 0.3) is 0 Å². The standard InChI is InChI=1S/C15H20Cl2N2O2/c1-10(13-4-3-11(16)7-14(13)17)19(2)15(20)8-12-9-18-5-6-21-12/h3-4,7,10,12,18H,5-6,8-9H2,1-2H3. The molecule has 1 heterocycles. The summed E-state index contributed by atoms with van der Waals surface area (Å²) in [7, 11) is 1.79. The molecule has 1 fully saturated rings. The largest absolute Gasteiger partial charge is 0.375 e. The highest BCUT2D eigenvalue weighted by atomic mass is 35.5. The molecule has 4 nitrogen and oxygen atoms in total. The maximum atomic E-state index is 12.4. The predicted octanol–water partition coefficient (Wildman–Crippen LogP) is 2.89. The third-order valence-electron chi connectivity index (χ3n) is 3.79. The molecule has 1 aliphatic rings. The number of rotatable bonds is 4. The summed E-state index contributed by atoms with van der Waals surface area (Å²) in [6.07, 6.45) is 0.320. The molecule has 1 saturated heterocycles. The molecule has 0 spiro atoms. The lowest BCUT2D eigenvalue weighted by Crippen LogP contribution is -2.42. The van der Waals surface area contributed by atoms with E-state index in [1.54, 1.807) is 24.1 Å². The number of amides is 1. The van der Waals surface area contributed by atoms with E-state index in [0.29, 0.717) is 23.1 Å². The fourth-order valence-electron chi connectivity index (χ4n) is 2.35. The van der Waals surface area contributed by atoms with Crippen LogP contribution >= 0.6 is 23.2 Å². The highest BCUT2D eigenvalue weighted by Crippen LogP contribution is 2.29. The zero-order valence-electron chi connectivity index (χ0n) is 12.2. The van der Waals surface area contributed by atoms with Gasteiger partial charge in [-0.2, -0.15) is 0 Å². The normalized spacial score (nSPS) is 20.1. The fourth-order valence-corrected chi connectivity index (χ4v) is 2.92. The molecule has 0 aromatic heterocycles. The van der Waals surface area contributed by atoms with Crippen LogP contribution in [0.2, 0.25) is 10.0 Å². The Balaban J connectivity index is 2.00. The Morgan fingerprint density at radius 3 is 2.90 bits per heavy atom. The molecule has 116 valence electrons. The fraction of sp³-hybridized carbons (Fsp3) is 0.533.